The summed E-state index contributed by atoms with van der Waals surface area (Å²) in [7, 11) is 0. The Morgan fingerprint density at radius 3 is 1.38 bits per heavy atom. The van der Waals surface area contributed by atoms with Crippen molar-refractivity contribution in [2.24, 2.45) is 0 Å². The van der Waals surface area contributed by atoms with Gasteiger partial charge in [-0.3, -0.25) is 14.4 Å². The third kappa shape index (κ3) is 20.1. The maximum atomic E-state index is 13.4. The smallest absolute Gasteiger partial charge is 0.417 e. The zero-order valence-electron chi connectivity index (χ0n) is 26.3. The van der Waals surface area contributed by atoms with Gasteiger partial charge in [-0.1, -0.05) is 68.2 Å². The predicted octanol–water partition coefficient (Wildman–Crippen LogP) is 10.1. The Balaban J connectivity index is 0. The minimum Gasteiger partial charge on any atom is -0.460 e. The average molecular weight is 636 g/mol. The summed E-state index contributed by atoms with van der Waals surface area (Å²) in [6.07, 6.45) is -3.37. The van der Waals surface area contributed by atoms with E-state index in [1.165, 1.54) is 32.0 Å². The number of rotatable bonds is 4. The summed E-state index contributed by atoms with van der Waals surface area (Å²) in [5, 5.41) is 0.125. The van der Waals surface area contributed by atoms with Gasteiger partial charge in [0.1, 0.15) is 11.2 Å². The van der Waals surface area contributed by atoms with Crippen LogP contribution < -0.4 is 0 Å². The number of carbonyl (C=O) groups is 3. The van der Waals surface area contributed by atoms with Crippen molar-refractivity contribution in [3.8, 4) is 0 Å². The molecule has 0 spiro atoms. The van der Waals surface area contributed by atoms with Crippen LogP contribution in [0.4, 0.5) is 13.2 Å². The molecule has 10 heteroatoms. The quantitative estimate of drug-likeness (QED) is 0.190. The first-order chi connectivity index (χ1) is 19.0. The summed E-state index contributed by atoms with van der Waals surface area (Å²) in [6.45, 7) is 19.8. The molecular weight excluding hydrogens is 592 g/mol. The molecule has 5 nitrogen and oxygen atoms in total. The first-order valence-electron chi connectivity index (χ1n) is 13.3. The van der Waals surface area contributed by atoms with E-state index in [9.17, 15) is 27.6 Å². The molecule has 0 saturated carbocycles. The van der Waals surface area contributed by atoms with E-state index in [0.29, 0.717) is 6.08 Å². The molecule has 0 N–H and O–H groups in total. The van der Waals surface area contributed by atoms with E-state index in [1.807, 2.05) is 62.3 Å². The molecule has 0 heterocycles. The Bertz CT molecular complexity index is 1130. The number of ether oxygens (including phenoxy) is 2. The van der Waals surface area contributed by atoms with Crippen LogP contribution in [0.5, 0.6) is 0 Å². The van der Waals surface area contributed by atoms with Crippen molar-refractivity contribution in [1.82, 2.24) is 0 Å². The largest absolute Gasteiger partial charge is 0.460 e. The van der Waals surface area contributed by atoms with Crippen LogP contribution in [0, 0.1) is 0 Å². The van der Waals surface area contributed by atoms with E-state index >= 15 is 0 Å². The molecule has 236 valence electrons. The SMILES string of the molecule is CC.CC(=O)OC(C)(C)C.CC(=O)OC(C)(C)C.CCc1ccc(C(=O)/C=C(/c2cc(Cl)cc(Cl)c2)C(F)(F)F)cc1. The summed E-state index contributed by atoms with van der Waals surface area (Å²) >= 11 is 11.5. The van der Waals surface area contributed by atoms with Gasteiger partial charge in [0.25, 0.3) is 0 Å². The van der Waals surface area contributed by atoms with Gasteiger partial charge in [-0.15, -0.1) is 0 Å². The fraction of sp³-hybridized carbons (Fsp3) is 0.469. The lowest BCUT2D eigenvalue weighted by Crippen LogP contribution is -2.21. The highest BCUT2D eigenvalue weighted by molar-refractivity contribution is 6.35. The molecule has 0 aliphatic carbocycles. The zero-order valence-corrected chi connectivity index (χ0v) is 27.8. The molecule has 42 heavy (non-hydrogen) atoms. The van der Waals surface area contributed by atoms with Gasteiger partial charge in [0.2, 0.25) is 0 Å². The van der Waals surface area contributed by atoms with Crippen LogP contribution in [0.1, 0.15) is 97.6 Å². The highest BCUT2D eigenvalue weighted by Crippen LogP contribution is 2.36. The van der Waals surface area contributed by atoms with Crippen molar-refractivity contribution >= 4 is 46.5 Å². The molecule has 0 aromatic heterocycles. The fourth-order valence-electron chi connectivity index (χ4n) is 3.02. The van der Waals surface area contributed by atoms with Gasteiger partial charge in [0.05, 0.1) is 5.57 Å². The second-order valence-electron chi connectivity index (χ2n) is 10.5. The van der Waals surface area contributed by atoms with E-state index in [2.05, 4.69) is 0 Å². The van der Waals surface area contributed by atoms with Gasteiger partial charge in [0, 0.05) is 29.5 Å². The first-order valence-corrected chi connectivity index (χ1v) is 14.1. The molecule has 0 saturated heterocycles. The van der Waals surface area contributed by atoms with Crippen molar-refractivity contribution in [3.05, 3.63) is 75.3 Å². The minimum absolute atomic E-state index is 0.0624. The topological polar surface area (TPSA) is 69.7 Å². The van der Waals surface area contributed by atoms with Crippen LogP contribution in [0.3, 0.4) is 0 Å². The van der Waals surface area contributed by atoms with Crippen LogP contribution in [0.2, 0.25) is 10.0 Å². The molecular formula is C32H43Cl2F3O5. The van der Waals surface area contributed by atoms with E-state index in [1.54, 1.807) is 12.1 Å². The standard InChI is InChI=1S/C18H13Cl2F3O.2C6H12O2.C2H6/c1-2-11-3-5-12(6-4-11)17(24)10-16(18(21,22)23)13-7-14(19)9-15(20)8-13;2*1-5(7)8-6(2,3)4;1-2/h3-10H,2H2,1H3;2*1-4H3;1-2H3/b16-10-;;;. The number of alkyl halides is 3. The molecule has 0 atom stereocenters. The van der Waals surface area contributed by atoms with E-state index < -0.39 is 17.5 Å². The monoisotopic (exact) mass is 634 g/mol. The van der Waals surface area contributed by atoms with Crippen LogP contribution in [-0.4, -0.2) is 35.1 Å². The molecule has 0 aliphatic rings. The van der Waals surface area contributed by atoms with Crippen LogP contribution in [-0.2, 0) is 25.5 Å². The highest BCUT2D eigenvalue weighted by atomic mass is 35.5. The van der Waals surface area contributed by atoms with Crippen molar-refractivity contribution in [1.29, 1.82) is 0 Å². The van der Waals surface area contributed by atoms with Gasteiger partial charge >= 0.3 is 18.1 Å². The summed E-state index contributed by atoms with van der Waals surface area (Å²) in [5.74, 6) is -1.18. The molecule has 0 unspecified atom stereocenters. The number of hydrogen-bond acceptors (Lipinski definition) is 5. The lowest BCUT2D eigenvalue weighted by atomic mass is 10.0. The predicted molar refractivity (Wildman–Crippen MR) is 165 cm³/mol. The molecule has 0 fully saturated rings. The van der Waals surface area contributed by atoms with Crippen LogP contribution in [0.15, 0.2) is 48.5 Å². The number of hydrogen-bond donors (Lipinski definition) is 0. The van der Waals surface area contributed by atoms with Crippen LogP contribution >= 0.6 is 23.2 Å². The Hall–Kier alpha value is -2.84. The van der Waals surface area contributed by atoms with Gasteiger partial charge in [-0.2, -0.15) is 13.2 Å². The fourth-order valence-corrected chi connectivity index (χ4v) is 3.55. The molecule has 0 radical (unpaired) electrons. The van der Waals surface area contributed by atoms with Crippen LogP contribution in [0.25, 0.3) is 5.57 Å². The van der Waals surface area contributed by atoms with E-state index in [-0.39, 0.29) is 44.3 Å². The van der Waals surface area contributed by atoms with Crippen molar-refractivity contribution in [2.45, 2.75) is 100.0 Å². The highest BCUT2D eigenvalue weighted by Gasteiger charge is 2.35. The molecule has 0 bridgehead atoms. The molecule has 0 aliphatic heterocycles. The van der Waals surface area contributed by atoms with Gasteiger partial charge < -0.3 is 9.47 Å². The maximum Gasteiger partial charge on any atom is 0.417 e. The lowest BCUT2D eigenvalue weighted by molar-refractivity contribution is -0.153. The summed E-state index contributed by atoms with van der Waals surface area (Å²) in [4.78, 5) is 32.7. The summed E-state index contributed by atoms with van der Waals surface area (Å²) in [5.41, 5.74) is -0.817. The van der Waals surface area contributed by atoms with Crippen molar-refractivity contribution < 1.29 is 37.0 Å². The van der Waals surface area contributed by atoms with Gasteiger partial charge in [-0.05, 0) is 83.4 Å². The maximum absolute atomic E-state index is 13.4. The zero-order chi connectivity index (χ0) is 33.5. The third-order valence-corrected chi connectivity index (χ3v) is 4.74. The normalized spacial score (nSPS) is 11.4. The molecule has 2 rings (SSSR count). The molecule has 2 aromatic rings. The minimum atomic E-state index is -4.72. The van der Waals surface area contributed by atoms with E-state index in [0.717, 1.165) is 24.1 Å². The van der Waals surface area contributed by atoms with Gasteiger partial charge in [0.15, 0.2) is 5.78 Å². The van der Waals surface area contributed by atoms with Gasteiger partial charge in [-0.25, -0.2) is 0 Å². The van der Waals surface area contributed by atoms with Crippen molar-refractivity contribution in [3.63, 3.8) is 0 Å². The lowest BCUT2D eigenvalue weighted by Gasteiger charge is -2.17. The number of benzene rings is 2. The second kappa shape index (κ2) is 18.6. The molecule has 0 amide bonds. The average Bonchev–Trinajstić information content (AvgIpc) is 2.80. The second-order valence-corrected chi connectivity index (χ2v) is 11.4. The summed E-state index contributed by atoms with van der Waals surface area (Å²) < 4.78 is 49.7. The Kier molecular flexibility index (Phi) is 18.3. The van der Waals surface area contributed by atoms with Crippen molar-refractivity contribution in [2.75, 3.05) is 0 Å². The number of aryl methyl sites for hydroxylation is 1. The number of ketones is 1. The number of halogens is 5. The summed E-state index contributed by atoms with van der Waals surface area (Å²) in [6, 6.07) is 10.0. The van der Waals surface area contributed by atoms with E-state index in [4.69, 9.17) is 32.7 Å². The molecule has 2 aromatic carbocycles. The number of esters is 2. The first kappa shape index (κ1) is 41.3. The Labute approximate surface area is 258 Å². The Morgan fingerprint density at radius 2 is 1.12 bits per heavy atom. The number of allylic oxidation sites excluding steroid dienone is 2. The Morgan fingerprint density at radius 1 is 0.738 bits per heavy atom. The third-order valence-electron chi connectivity index (χ3n) is 4.30. The number of carbonyl (C=O) groups excluding carboxylic acids is 3.